The Bertz CT molecular complexity index is 2270. The molecule has 5 aliphatic heterocycles. The molecule has 358 valence electrons. The van der Waals surface area contributed by atoms with Crippen LogP contribution in [-0.4, -0.2) is 153 Å². The molecule has 0 aliphatic carbocycles. The first-order valence-corrected chi connectivity index (χ1v) is 23.4. The van der Waals surface area contributed by atoms with Crippen molar-refractivity contribution in [2.45, 2.75) is 77.4 Å². The first kappa shape index (κ1) is 47.5. The zero-order chi connectivity index (χ0) is 47.3. The van der Waals surface area contributed by atoms with Crippen molar-refractivity contribution in [2.75, 3.05) is 84.1 Å². The highest BCUT2D eigenvalue weighted by Gasteiger charge is 2.48. The fourth-order valence-electron chi connectivity index (χ4n) is 9.94. The van der Waals surface area contributed by atoms with E-state index in [9.17, 15) is 28.8 Å². The molecule has 8 rings (SSSR count). The lowest BCUT2D eigenvalue weighted by Crippen LogP contribution is -2.61. The summed E-state index contributed by atoms with van der Waals surface area (Å²) in [6.45, 7) is 11.3. The Morgan fingerprint density at radius 1 is 0.896 bits per heavy atom. The van der Waals surface area contributed by atoms with E-state index >= 15 is 0 Å². The predicted octanol–water partition coefficient (Wildman–Crippen LogP) is 4.61. The third-order valence-corrected chi connectivity index (χ3v) is 13.7. The Morgan fingerprint density at radius 2 is 1.61 bits per heavy atom. The Hall–Kier alpha value is -6.04. The summed E-state index contributed by atoms with van der Waals surface area (Å²) in [5.74, 6) is -0.549. The number of piperidine rings is 1. The van der Waals surface area contributed by atoms with Crippen molar-refractivity contribution in [1.82, 2.24) is 30.2 Å². The van der Waals surface area contributed by atoms with Gasteiger partial charge in [-0.2, -0.15) is 0 Å². The fourth-order valence-corrected chi connectivity index (χ4v) is 9.94. The monoisotopic (exact) mass is 921 g/mol. The van der Waals surface area contributed by atoms with Gasteiger partial charge in [-0.05, 0) is 53.0 Å². The van der Waals surface area contributed by atoms with Crippen molar-refractivity contribution in [3.63, 3.8) is 0 Å². The van der Waals surface area contributed by atoms with E-state index in [4.69, 9.17) is 18.9 Å². The molecule has 5 fully saturated rings. The number of rotatable bonds is 13. The van der Waals surface area contributed by atoms with Crippen molar-refractivity contribution >= 4 is 41.4 Å². The van der Waals surface area contributed by atoms with Crippen molar-refractivity contribution in [3.05, 3.63) is 95.6 Å². The molecule has 0 saturated carbocycles. The second-order valence-electron chi connectivity index (χ2n) is 19.4. The topological polar surface area (TPSA) is 180 Å². The van der Waals surface area contributed by atoms with Gasteiger partial charge in [0, 0.05) is 70.8 Å². The Kier molecular flexibility index (Phi) is 14.5. The van der Waals surface area contributed by atoms with Gasteiger partial charge >= 0.3 is 12.1 Å². The van der Waals surface area contributed by atoms with Crippen molar-refractivity contribution < 1.29 is 47.7 Å². The maximum atomic E-state index is 14.7. The second-order valence-corrected chi connectivity index (χ2v) is 19.4. The normalized spacial score (nSPS) is 22.5. The summed E-state index contributed by atoms with van der Waals surface area (Å²) in [6.07, 6.45) is 0.783. The summed E-state index contributed by atoms with van der Waals surface area (Å²) >= 11 is 0. The second kappa shape index (κ2) is 20.4. The summed E-state index contributed by atoms with van der Waals surface area (Å²) in [6, 6.07) is 21.9. The predicted molar refractivity (Wildman–Crippen MR) is 247 cm³/mol. The van der Waals surface area contributed by atoms with Crippen LogP contribution in [0.15, 0.2) is 78.9 Å². The van der Waals surface area contributed by atoms with Gasteiger partial charge in [0.1, 0.15) is 30.5 Å². The van der Waals surface area contributed by atoms with Crippen molar-refractivity contribution in [1.29, 1.82) is 0 Å². The summed E-state index contributed by atoms with van der Waals surface area (Å²) in [5, 5.41) is 5.16. The molecule has 3 aromatic carbocycles. The molecule has 67 heavy (non-hydrogen) atoms. The van der Waals surface area contributed by atoms with Crippen molar-refractivity contribution in [3.8, 4) is 5.75 Å². The van der Waals surface area contributed by atoms with Crippen molar-refractivity contribution in [2.24, 2.45) is 10.8 Å². The van der Waals surface area contributed by atoms with Gasteiger partial charge in [0.2, 0.25) is 17.7 Å². The SMILES string of the molecule is COc1ccc(C(=O)N2CCC3(CC2)CN(CCO[C@H]2C[C@@H](C(=O)N4CCO[C@H](c5ccccc5)C4)N(C(=O)[C@@H](NC(=O)OCc4ccccc4)C(C)(C)C)C2)C3)cc1N1CCC(=O)NC1=O. The van der Waals surface area contributed by atoms with E-state index in [0.717, 1.165) is 37.1 Å². The van der Waals surface area contributed by atoms with Gasteiger partial charge < -0.3 is 39.0 Å². The lowest BCUT2D eigenvalue weighted by atomic mass is 9.72. The van der Waals surface area contributed by atoms with Gasteiger partial charge in [0.25, 0.3) is 5.91 Å². The molecule has 5 aliphatic rings. The first-order chi connectivity index (χ1) is 32.2. The zero-order valence-electron chi connectivity index (χ0n) is 38.9. The Morgan fingerprint density at radius 3 is 2.30 bits per heavy atom. The lowest BCUT2D eigenvalue weighted by Gasteiger charge is -2.54. The number of methoxy groups -OCH3 is 1. The molecule has 17 nitrogen and oxygen atoms in total. The summed E-state index contributed by atoms with van der Waals surface area (Å²) in [5.41, 5.74) is 2.08. The minimum atomic E-state index is -0.977. The number of benzene rings is 3. The number of anilines is 1. The minimum absolute atomic E-state index is 0.0496. The number of carbonyl (C=O) groups is 6. The number of imide groups is 1. The van der Waals surface area contributed by atoms with E-state index in [1.165, 1.54) is 12.0 Å². The third kappa shape index (κ3) is 11.1. The number of hydrogen-bond donors (Lipinski definition) is 2. The maximum absolute atomic E-state index is 14.7. The van der Waals surface area contributed by atoms with Crippen LogP contribution in [-0.2, 0) is 35.2 Å². The summed E-state index contributed by atoms with van der Waals surface area (Å²) in [7, 11) is 1.50. The third-order valence-electron chi connectivity index (χ3n) is 13.7. The number of carbonyl (C=O) groups excluding carboxylic acids is 6. The van der Waals surface area contributed by atoms with Gasteiger partial charge in [0.05, 0.1) is 38.7 Å². The zero-order valence-corrected chi connectivity index (χ0v) is 38.9. The number of nitrogens with one attached hydrogen (secondary N) is 2. The average molecular weight is 922 g/mol. The molecule has 0 radical (unpaired) electrons. The number of urea groups is 1. The molecule has 3 aromatic rings. The number of ether oxygens (including phenoxy) is 4. The molecule has 0 aromatic heterocycles. The highest BCUT2D eigenvalue weighted by molar-refractivity contribution is 6.07. The van der Waals surface area contributed by atoms with E-state index in [2.05, 4.69) is 15.5 Å². The first-order valence-electron chi connectivity index (χ1n) is 23.4. The molecule has 0 unspecified atom stereocenters. The van der Waals surface area contributed by atoms with Crippen LogP contribution in [0.1, 0.15) is 74.0 Å². The Balaban J connectivity index is 0.864. The number of likely N-dealkylation sites (tertiary alicyclic amines) is 3. The minimum Gasteiger partial charge on any atom is -0.495 e. The number of amides is 7. The van der Waals surface area contributed by atoms with E-state index < -0.39 is 35.7 Å². The van der Waals surface area contributed by atoms with E-state index in [-0.39, 0.29) is 61.3 Å². The van der Waals surface area contributed by atoms with Gasteiger partial charge in [0.15, 0.2) is 0 Å². The smallest absolute Gasteiger partial charge is 0.408 e. The van der Waals surface area contributed by atoms with Crippen LogP contribution < -0.4 is 20.3 Å². The van der Waals surface area contributed by atoms with Crippen LogP contribution in [0.3, 0.4) is 0 Å². The molecule has 4 atom stereocenters. The molecular formula is C50H63N7O10. The summed E-state index contributed by atoms with van der Waals surface area (Å²) < 4.78 is 23.6. The van der Waals surface area contributed by atoms with Gasteiger partial charge in [-0.3, -0.25) is 34.3 Å². The highest BCUT2D eigenvalue weighted by atomic mass is 16.5. The molecular weight excluding hydrogens is 859 g/mol. The molecule has 5 saturated heterocycles. The quantitative estimate of drug-likeness (QED) is 0.245. The molecule has 1 spiro atoms. The van der Waals surface area contributed by atoms with Crippen LogP contribution in [0.4, 0.5) is 15.3 Å². The largest absolute Gasteiger partial charge is 0.495 e. The van der Waals surface area contributed by atoms with E-state index in [1.807, 2.05) is 86.3 Å². The van der Waals surface area contributed by atoms with E-state index in [1.54, 1.807) is 28.0 Å². The lowest BCUT2D eigenvalue weighted by molar-refractivity contribution is -0.150. The van der Waals surface area contributed by atoms with Gasteiger partial charge in [-0.25, -0.2) is 9.59 Å². The van der Waals surface area contributed by atoms with Gasteiger partial charge in [-0.1, -0.05) is 81.4 Å². The number of hydrogen-bond acceptors (Lipinski definition) is 11. The molecule has 5 heterocycles. The highest BCUT2D eigenvalue weighted by Crippen LogP contribution is 2.41. The van der Waals surface area contributed by atoms with Crippen LogP contribution >= 0.6 is 0 Å². The maximum Gasteiger partial charge on any atom is 0.408 e. The molecule has 7 amide bonds. The average Bonchev–Trinajstić information content (AvgIpc) is 3.76. The van der Waals surface area contributed by atoms with Crippen LogP contribution in [0.2, 0.25) is 0 Å². The number of morpholine rings is 1. The standard InChI is InChI=1S/C50H63N7O10/c1-49(2,3)43(52-48(63)67-31-34-11-7-5-8-12-34)46(61)57-29-37(28-39(57)45(60)55-24-26-66-41(30-55)35-13-9-6-10-14-35)65-25-23-53-32-50(33-53)18-21-54(22-19-50)44(59)36-15-16-40(64-4)38(27-36)56-20-17-42(58)51-47(56)62/h5-16,27,37,39,41,43H,17-26,28-33H2,1-4H3,(H,52,63)(H,51,58,62)/t37-,39-,41-,43+/m0/s1. The Labute approximate surface area is 392 Å². The number of alkyl carbamates (subject to hydrolysis) is 1. The molecule has 0 bridgehead atoms. The van der Waals surface area contributed by atoms with Gasteiger partial charge in [-0.15, -0.1) is 0 Å². The molecule has 17 heteroatoms. The summed E-state index contributed by atoms with van der Waals surface area (Å²) in [4.78, 5) is 89.5. The molecule has 2 N–H and O–H groups in total. The van der Waals surface area contributed by atoms with Crippen LogP contribution in [0, 0.1) is 10.8 Å². The van der Waals surface area contributed by atoms with Crippen LogP contribution in [0.25, 0.3) is 0 Å². The van der Waals surface area contributed by atoms with Crippen LogP contribution in [0.5, 0.6) is 5.75 Å². The number of nitrogens with zero attached hydrogens (tertiary/aromatic N) is 5. The fraction of sp³-hybridized carbons (Fsp3) is 0.520. The van der Waals surface area contributed by atoms with E-state index in [0.29, 0.717) is 69.4 Å².